The van der Waals surface area contributed by atoms with Crippen LogP contribution in [0.1, 0.15) is 30.1 Å². The Hall–Kier alpha value is -1.85. The van der Waals surface area contributed by atoms with Gasteiger partial charge in [0.05, 0.1) is 0 Å². The summed E-state index contributed by atoms with van der Waals surface area (Å²) in [6.45, 7) is 0.433. The minimum absolute atomic E-state index is 0.433. The van der Waals surface area contributed by atoms with E-state index in [1.54, 1.807) is 6.07 Å². The van der Waals surface area contributed by atoms with E-state index >= 15 is 0 Å². The summed E-state index contributed by atoms with van der Waals surface area (Å²) in [4.78, 5) is 8.76. The molecule has 1 heterocycles. The van der Waals surface area contributed by atoms with Crippen LogP contribution in [0.25, 0.3) is 0 Å². The van der Waals surface area contributed by atoms with Crippen molar-refractivity contribution in [3.63, 3.8) is 0 Å². The molecule has 20 heavy (non-hydrogen) atoms. The van der Waals surface area contributed by atoms with Crippen LogP contribution in [0.2, 0.25) is 5.02 Å². The third-order valence-corrected chi connectivity index (χ3v) is 3.36. The molecule has 0 radical (unpaired) electrons. The van der Waals surface area contributed by atoms with E-state index in [2.05, 4.69) is 15.4 Å². The molecular weight excluding hydrogens is 276 g/mol. The average molecular weight is 291 g/mol. The Kier molecular flexibility index (Phi) is 3.71. The first kappa shape index (κ1) is 13.1. The van der Waals surface area contributed by atoms with E-state index < -0.39 is 0 Å². The second kappa shape index (κ2) is 5.64. The number of nitrogens with two attached hydrogens (primary N) is 1. The molecule has 0 atom stereocenters. The van der Waals surface area contributed by atoms with E-state index in [1.807, 2.05) is 24.3 Å². The lowest BCUT2D eigenvalue weighted by molar-refractivity contribution is 0.292. The topological polar surface area (TPSA) is 73.1 Å². The van der Waals surface area contributed by atoms with E-state index in [-0.39, 0.29) is 0 Å². The zero-order valence-electron chi connectivity index (χ0n) is 10.8. The Balaban J connectivity index is 1.72. The van der Waals surface area contributed by atoms with Gasteiger partial charge >= 0.3 is 0 Å². The van der Waals surface area contributed by atoms with Gasteiger partial charge < -0.3 is 10.2 Å². The Morgan fingerprint density at radius 1 is 1.25 bits per heavy atom. The van der Waals surface area contributed by atoms with E-state index in [4.69, 9.17) is 22.2 Å². The van der Waals surface area contributed by atoms with E-state index in [1.165, 1.54) is 0 Å². The van der Waals surface area contributed by atoms with Gasteiger partial charge in [-0.15, -0.1) is 0 Å². The number of halogens is 1. The Morgan fingerprint density at radius 3 is 2.65 bits per heavy atom. The fraction of sp³-hybridized carbons (Fsp3) is 0.286. The molecule has 0 saturated heterocycles. The molecule has 1 fully saturated rings. The van der Waals surface area contributed by atoms with Gasteiger partial charge in [0.25, 0.3) is 0 Å². The van der Waals surface area contributed by atoms with Gasteiger partial charge in [-0.3, -0.25) is 0 Å². The molecule has 5 nitrogen and oxygen atoms in total. The number of hydrazine groups is 1. The van der Waals surface area contributed by atoms with Crippen molar-refractivity contribution in [3.8, 4) is 5.88 Å². The highest BCUT2D eigenvalue weighted by Gasteiger charge is 2.27. The number of rotatable bonds is 5. The van der Waals surface area contributed by atoms with E-state index in [0.29, 0.717) is 29.2 Å². The van der Waals surface area contributed by atoms with Crippen LogP contribution < -0.4 is 16.0 Å². The molecule has 0 spiro atoms. The molecule has 3 N–H and O–H groups in total. The number of nitrogens with zero attached hydrogens (tertiary/aromatic N) is 2. The Bertz CT molecular complexity index is 599. The molecule has 1 aliphatic rings. The normalized spacial score (nSPS) is 14.1. The largest absolute Gasteiger partial charge is 0.473 e. The number of anilines is 1. The number of aromatic nitrogens is 2. The number of benzene rings is 1. The predicted octanol–water partition coefficient (Wildman–Crippen LogP) is 2.87. The summed E-state index contributed by atoms with van der Waals surface area (Å²) in [5.74, 6) is 7.77. The molecule has 0 aliphatic heterocycles. The van der Waals surface area contributed by atoms with Crippen molar-refractivity contribution in [1.82, 2.24) is 9.97 Å². The third kappa shape index (κ3) is 3.18. The van der Waals surface area contributed by atoms with Gasteiger partial charge in [0.2, 0.25) is 5.88 Å². The molecule has 2 aromatic rings. The SMILES string of the molecule is NNc1cc(OCc2ccc(Cl)cc2)nc(C2CC2)n1. The van der Waals surface area contributed by atoms with Gasteiger partial charge in [0.15, 0.2) is 0 Å². The minimum Gasteiger partial charge on any atom is -0.473 e. The van der Waals surface area contributed by atoms with Crippen molar-refractivity contribution in [1.29, 1.82) is 0 Å². The highest BCUT2D eigenvalue weighted by atomic mass is 35.5. The monoisotopic (exact) mass is 290 g/mol. The molecule has 104 valence electrons. The quantitative estimate of drug-likeness (QED) is 0.654. The Morgan fingerprint density at radius 2 is 2.00 bits per heavy atom. The number of hydrogen-bond acceptors (Lipinski definition) is 5. The minimum atomic E-state index is 0.433. The molecule has 0 amide bonds. The summed E-state index contributed by atoms with van der Waals surface area (Å²) in [7, 11) is 0. The van der Waals surface area contributed by atoms with Gasteiger partial charge in [-0.05, 0) is 30.5 Å². The zero-order valence-corrected chi connectivity index (χ0v) is 11.6. The number of ether oxygens (including phenoxy) is 1. The van der Waals surface area contributed by atoms with E-state index in [9.17, 15) is 0 Å². The molecule has 1 aliphatic carbocycles. The van der Waals surface area contributed by atoms with Crippen LogP contribution in [-0.4, -0.2) is 9.97 Å². The molecule has 0 bridgehead atoms. The molecule has 1 aromatic carbocycles. The predicted molar refractivity (Wildman–Crippen MR) is 77.6 cm³/mol. The smallest absolute Gasteiger partial charge is 0.219 e. The lowest BCUT2D eigenvalue weighted by Gasteiger charge is -2.09. The maximum Gasteiger partial charge on any atom is 0.219 e. The Labute approximate surface area is 122 Å². The summed E-state index contributed by atoms with van der Waals surface area (Å²) < 4.78 is 5.70. The summed E-state index contributed by atoms with van der Waals surface area (Å²) in [5.41, 5.74) is 3.58. The third-order valence-electron chi connectivity index (χ3n) is 3.11. The van der Waals surface area contributed by atoms with Gasteiger partial charge in [-0.25, -0.2) is 10.8 Å². The van der Waals surface area contributed by atoms with Crippen molar-refractivity contribution in [2.75, 3.05) is 5.43 Å². The maximum atomic E-state index is 5.85. The van der Waals surface area contributed by atoms with Crippen molar-refractivity contribution < 1.29 is 4.74 Å². The molecule has 0 unspecified atom stereocenters. The fourth-order valence-corrected chi connectivity index (χ4v) is 1.98. The average Bonchev–Trinajstić information content (AvgIpc) is 3.31. The van der Waals surface area contributed by atoms with Crippen LogP contribution in [0.5, 0.6) is 5.88 Å². The number of hydrogen-bond donors (Lipinski definition) is 2. The second-order valence-electron chi connectivity index (χ2n) is 4.78. The first-order valence-electron chi connectivity index (χ1n) is 6.47. The van der Waals surface area contributed by atoms with Crippen LogP contribution in [0.3, 0.4) is 0 Å². The van der Waals surface area contributed by atoms with Crippen molar-refractivity contribution >= 4 is 17.4 Å². The first-order chi connectivity index (χ1) is 9.74. The van der Waals surface area contributed by atoms with Crippen LogP contribution in [-0.2, 0) is 6.61 Å². The van der Waals surface area contributed by atoms with Crippen LogP contribution in [0, 0.1) is 0 Å². The zero-order chi connectivity index (χ0) is 13.9. The molecular formula is C14H15ClN4O. The van der Waals surface area contributed by atoms with Gasteiger partial charge in [0.1, 0.15) is 18.2 Å². The highest BCUT2D eigenvalue weighted by molar-refractivity contribution is 6.30. The van der Waals surface area contributed by atoms with E-state index in [0.717, 1.165) is 24.2 Å². The first-order valence-corrected chi connectivity index (χ1v) is 6.85. The molecule has 1 saturated carbocycles. The lowest BCUT2D eigenvalue weighted by Crippen LogP contribution is -2.11. The number of nitrogen functional groups attached to an aromatic ring is 1. The summed E-state index contributed by atoms with van der Waals surface area (Å²) in [6.07, 6.45) is 2.26. The van der Waals surface area contributed by atoms with Crippen LogP contribution in [0.15, 0.2) is 30.3 Å². The standard InChI is InChI=1S/C14H15ClN4O/c15-11-5-1-9(2-6-11)8-20-13-7-12(19-16)17-14(18-13)10-3-4-10/h1-2,5-7,10H,3-4,8,16H2,(H,17,18,19). The van der Waals surface area contributed by atoms with Gasteiger partial charge in [-0.1, -0.05) is 23.7 Å². The van der Waals surface area contributed by atoms with Crippen LogP contribution in [0.4, 0.5) is 5.82 Å². The molecule has 6 heteroatoms. The van der Waals surface area contributed by atoms with Crippen molar-refractivity contribution in [2.45, 2.75) is 25.4 Å². The van der Waals surface area contributed by atoms with Gasteiger partial charge in [0, 0.05) is 17.0 Å². The second-order valence-corrected chi connectivity index (χ2v) is 5.22. The number of nitrogens with one attached hydrogen (secondary N) is 1. The summed E-state index contributed by atoms with van der Waals surface area (Å²) >= 11 is 5.85. The highest BCUT2D eigenvalue weighted by Crippen LogP contribution is 2.39. The maximum absolute atomic E-state index is 5.85. The summed E-state index contributed by atoms with van der Waals surface area (Å²) in [5, 5.41) is 0.710. The van der Waals surface area contributed by atoms with Crippen molar-refractivity contribution in [3.05, 3.63) is 46.7 Å². The van der Waals surface area contributed by atoms with Gasteiger partial charge in [-0.2, -0.15) is 4.98 Å². The van der Waals surface area contributed by atoms with Crippen LogP contribution >= 0.6 is 11.6 Å². The fourth-order valence-electron chi connectivity index (χ4n) is 1.85. The van der Waals surface area contributed by atoms with Crippen molar-refractivity contribution in [2.24, 2.45) is 5.84 Å². The lowest BCUT2D eigenvalue weighted by atomic mass is 10.2. The summed E-state index contributed by atoms with van der Waals surface area (Å²) in [6, 6.07) is 9.22. The molecule has 3 rings (SSSR count). The molecule has 1 aromatic heterocycles.